The van der Waals surface area contributed by atoms with Crippen molar-refractivity contribution in [3.8, 4) is 34.3 Å². The van der Waals surface area contributed by atoms with Crippen LogP contribution < -0.4 is 76.7 Å². The fourth-order valence-electron chi connectivity index (χ4n) is 14.5. The molecule has 4 fully saturated rings. The van der Waals surface area contributed by atoms with Crippen molar-refractivity contribution >= 4 is 69.1 Å². The first-order valence-electron chi connectivity index (χ1n) is 32.2. The van der Waals surface area contributed by atoms with Crippen molar-refractivity contribution in [3.05, 3.63) is 138 Å². The molecule has 14 rings (SSSR count). The number of hydrogen-bond acceptors (Lipinski definition) is 16. The summed E-state index contributed by atoms with van der Waals surface area (Å²) in [5, 5.41) is 23.8. The zero-order chi connectivity index (χ0) is 64.8. The van der Waals surface area contributed by atoms with Gasteiger partial charge in [0.1, 0.15) is 24.7 Å². The SMILES string of the molecule is C=CCB(F)F.C=CCc1c(OC(=O)N2CCC(N3CCCCC3)CC2)ccc2nc3c(cc12)Cn1c-3cc2c(c1=O)COC(=O)[C@]2(O)CC.CC[C@@]1(O)C(=O)OCc2c1cc1n(c2=O)Cc2cc3c(Br)c(OC(=O)N4CCC(N5CCCCC5)CC4)ccc3nc2-1.[F-].[K+]. The Labute approximate surface area is 593 Å². The molecule has 0 unspecified atom stereocenters. The molecular weight excluding hydrogens is 1310 g/mol. The maximum Gasteiger partial charge on any atom is 1.00 e. The van der Waals surface area contributed by atoms with Crippen LogP contribution in [0.3, 0.4) is 0 Å². The number of allylic oxidation sites excluding steroid dienone is 2. The molecule has 4 aromatic heterocycles. The van der Waals surface area contributed by atoms with Crippen molar-refractivity contribution in [1.29, 1.82) is 0 Å². The normalized spacial score (nSPS) is 20.8. The summed E-state index contributed by atoms with van der Waals surface area (Å²) < 4.78 is 48.0. The first-order valence-corrected chi connectivity index (χ1v) is 33.0. The van der Waals surface area contributed by atoms with Gasteiger partial charge in [-0.3, -0.25) is 18.2 Å². The van der Waals surface area contributed by atoms with E-state index in [0.717, 1.165) is 79.3 Å². The van der Waals surface area contributed by atoms with E-state index in [4.69, 9.17) is 28.9 Å². The Kier molecular flexibility index (Phi) is 22.4. The van der Waals surface area contributed by atoms with Gasteiger partial charge in [-0.2, -0.15) is 0 Å². The molecule has 0 spiro atoms. The first-order chi connectivity index (χ1) is 44.4. The van der Waals surface area contributed by atoms with Gasteiger partial charge in [-0.15, -0.1) is 13.2 Å². The van der Waals surface area contributed by atoms with Crippen LogP contribution in [0.5, 0.6) is 11.5 Å². The zero-order valence-electron chi connectivity index (χ0n) is 53.4. The number of likely N-dealkylation sites (tertiary alicyclic amines) is 4. The van der Waals surface area contributed by atoms with E-state index >= 15 is 0 Å². The number of pyridine rings is 4. The van der Waals surface area contributed by atoms with Crippen LogP contribution in [0.1, 0.15) is 130 Å². The molecule has 12 heterocycles. The smallest absolute Gasteiger partial charge is 1.00 e. The number of fused-ring (bicyclic) bond motifs is 10. The fourth-order valence-corrected chi connectivity index (χ4v) is 15.0. The molecule has 2 aromatic carbocycles. The fraction of sp³-hybridized carbons (Fsp3) is 0.471. The van der Waals surface area contributed by atoms with E-state index in [9.17, 15) is 47.6 Å². The summed E-state index contributed by atoms with van der Waals surface area (Å²) in [6, 6.07) is 15.6. The number of aromatic nitrogens is 4. The van der Waals surface area contributed by atoms with Crippen LogP contribution >= 0.6 is 15.9 Å². The standard InChI is InChI=1S/C34H38N4O6.C31H33BrN4O6.C3H5BF2.FH.K/c1-3-8-23-24-17-21-19-38-28(18-26-25(31(38)39)20-43-32(40)34(26,42)4-2)30(21)35-27(24)9-10-29(23)44-33(41)37-15-11-22(12-16-37)36-13-6-5-7-14-36;1-2-31(40)22-15-24-27-18(16-36(24)28(37)21(22)17-41-29(31)38)14-20-23(33-27)6-7-25(26(20)32)42-30(39)35-12-8-19(9-13-35)34-10-4-3-5-11-34;1-2-3-4(5)6;;/h3,9-10,17-18,22,42H,1,4-8,11-16,19-20H2,2H3;6-7,14-15,19,40H,2-5,8-13,16-17H2,1H3;2H,1,3H2;1H;/q;;;;+1/p-1/t34-;31-;;;/m00.../s1. The number of ether oxygens (including phenoxy) is 4. The van der Waals surface area contributed by atoms with E-state index in [0.29, 0.717) is 108 Å². The maximum atomic E-state index is 13.5. The van der Waals surface area contributed by atoms with Gasteiger partial charge in [0.25, 0.3) is 11.1 Å². The minimum absolute atomic E-state index is 0. The van der Waals surface area contributed by atoms with E-state index in [1.807, 2.05) is 18.2 Å². The number of rotatable bonds is 10. The number of esters is 2. The molecule has 0 radical (unpaired) electrons. The predicted molar refractivity (Wildman–Crippen MR) is 346 cm³/mol. The van der Waals surface area contributed by atoms with E-state index in [-0.39, 0.29) is 134 Å². The minimum Gasteiger partial charge on any atom is -1.00 e. The minimum atomic E-state index is -2.22. The van der Waals surface area contributed by atoms with Gasteiger partial charge in [0.15, 0.2) is 11.2 Å². The third-order valence-corrected chi connectivity index (χ3v) is 20.5. The third kappa shape index (κ3) is 13.5. The molecule has 0 saturated carbocycles. The summed E-state index contributed by atoms with van der Waals surface area (Å²) in [5.74, 6) is -0.596. The van der Waals surface area contributed by atoms with Gasteiger partial charge in [-0.1, -0.05) is 38.8 Å². The molecule has 4 saturated heterocycles. The van der Waals surface area contributed by atoms with Gasteiger partial charge < -0.3 is 62.6 Å². The maximum absolute atomic E-state index is 13.5. The molecular formula is C68H76BBrF3KN8O12. The summed E-state index contributed by atoms with van der Waals surface area (Å²) >= 11 is 3.64. The van der Waals surface area contributed by atoms with Crippen molar-refractivity contribution in [1.82, 2.24) is 38.7 Å². The van der Waals surface area contributed by atoms with Crippen LogP contribution in [0.4, 0.5) is 18.2 Å². The number of benzene rings is 2. The summed E-state index contributed by atoms with van der Waals surface area (Å²) in [7, 11) is -2.22. The number of hydrogen-bond donors (Lipinski definition) is 2. The number of halogens is 4. The van der Waals surface area contributed by atoms with E-state index < -0.39 is 30.4 Å². The van der Waals surface area contributed by atoms with Crippen molar-refractivity contribution in [3.63, 3.8) is 0 Å². The average Bonchev–Trinajstić information content (AvgIpc) is 1.52. The van der Waals surface area contributed by atoms with Crippen molar-refractivity contribution in [2.45, 2.75) is 153 Å². The Morgan fingerprint density at radius 1 is 0.649 bits per heavy atom. The van der Waals surface area contributed by atoms with Gasteiger partial charge in [0.05, 0.1) is 62.5 Å². The van der Waals surface area contributed by atoms with Crippen LogP contribution in [0.2, 0.25) is 6.32 Å². The van der Waals surface area contributed by atoms with Gasteiger partial charge in [0, 0.05) is 83.2 Å². The molecule has 2 amide bonds. The van der Waals surface area contributed by atoms with Gasteiger partial charge in [0.2, 0.25) is 0 Å². The van der Waals surface area contributed by atoms with Gasteiger partial charge in [-0.25, -0.2) is 29.1 Å². The van der Waals surface area contributed by atoms with Crippen molar-refractivity contribution in [2.75, 3.05) is 52.4 Å². The van der Waals surface area contributed by atoms with Crippen LogP contribution in [0, 0.1) is 0 Å². The number of carbonyl (C=O) groups excluding carboxylic acids is 4. The Morgan fingerprint density at radius 3 is 1.49 bits per heavy atom. The molecule has 8 aliphatic heterocycles. The molecule has 2 N–H and O–H groups in total. The Hall–Kier alpha value is -6.07. The molecule has 0 bridgehead atoms. The summed E-state index contributed by atoms with van der Waals surface area (Å²) in [5.41, 5.74) is 2.96. The number of aliphatic hydroxyl groups is 2. The topological polar surface area (TPSA) is 228 Å². The van der Waals surface area contributed by atoms with E-state index in [1.165, 1.54) is 44.6 Å². The van der Waals surface area contributed by atoms with Gasteiger partial charge >= 0.3 is 82.8 Å². The summed E-state index contributed by atoms with van der Waals surface area (Å²) in [4.78, 5) is 96.8. The largest absolute Gasteiger partial charge is 1.00 e. The quantitative estimate of drug-likeness (QED) is 0.111. The average molecular weight is 1380 g/mol. The van der Waals surface area contributed by atoms with Crippen molar-refractivity contribution < 1.29 is 113 Å². The van der Waals surface area contributed by atoms with Crippen LogP contribution in [-0.2, 0) is 63.0 Å². The second-order valence-electron chi connectivity index (χ2n) is 25.0. The molecule has 492 valence electrons. The Bertz CT molecular complexity index is 4080. The Morgan fingerprint density at radius 2 is 1.07 bits per heavy atom. The molecule has 6 aromatic rings. The molecule has 0 aliphatic carbocycles. The molecule has 26 heteroatoms. The van der Waals surface area contributed by atoms with Crippen LogP contribution in [-0.4, -0.2) is 145 Å². The molecule has 8 aliphatic rings. The number of amides is 2. The van der Waals surface area contributed by atoms with Crippen LogP contribution in [0.15, 0.2) is 87.9 Å². The number of nitrogens with zero attached hydrogens (tertiary/aromatic N) is 8. The van der Waals surface area contributed by atoms with E-state index in [1.54, 1.807) is 69.2 Å². The summed E-state index contributed by atoms with van der Waals surface area (Å²) in [6.07, 6.45) is 14.3. The molecule has 20 nitrogen and oxygen atoms in total. The van der Waals surface area contributed by atoms with Crippen molar-refractivity contribution in [2.24, 2.45) is 0 Å². The Balaban J connectivity index is 0.000000185. The molecule has 94 heavy (non-hydrogen) atoms. The monoisotopic (exact) mass is 1380 g/mol. The zero-order valence-corrected chi connectivity index (χ0v) is 58.1. The number of carbonyl (C=O) groups is 4. The summed E-state index contributed by atoms with van der Waals surface area (Å²) in [6.45, 7) is 18.0. The first kappa shape index (κ1) is 70.7. The number of piperidine rings is 4. The van der Waals surface area contributed by atoms with E-state index in [2.05, 4.69) is 38.9 Å². The second kappa shape index (κ2) is 29.7. The van der Waals surface area contributed by atoms with Crippen LogP contribution in [0.25, 0.3) is 44.6 Å². The second-order valence-corrected chi connectivity index (χ2v) is 25.8. The number of cyclic esters (lactones) is 2. The third-order valence-electron chi connectivity index (χ3n) is 19.7. The molecule has 2 atom stereocenters. The van der Waals surface area contributed by atoms with Gasteiger partial charge in [-0.05, 0) is 161 Å². The predicted octanol–water partition coefficient (Wildman–Crippen LogP) is 4.16.